The Hall–Kier alpha value is -1.55. The largest absolute Gasteiger partial charge is 0.467 e. The molecule has 1 saturated carbocycles. The fourth-order valence-electron chi connectivity index (χ4n) is 2.41. The molecular weight excluding hydrogens is 318 g/mol. The predicted octanol–water partition coefficient (Wildman–Crippen LogP) is 3.97. The second kappa shape index (κ2) is 5.44. The van der Waals surface area contributed by atoms with Gasteiger partial charge >= 0.3 is 5.97 Å². The number of ether oxygens (including phenoxy) is 1. The molecule has 3 rings (SSSR count). The van der Waals surface area contributed by atoms with E-state index in [2.05, 4.69) is 45.5 Å². The van der Waals surface area contributed by atoms with Crippen LogP contribution in [0.2, 0.25) is 0 Å². The van der Waals surface area contributed by atoms with Gasteiger partial charge in [0.25, 0.3) is 0 Å². The van der Waals surface area contributed by atoms with Crippen molar-refractivity contribution in [2.45, 2.75) is 18.9 Å². The number of hydrogen-bond donors (Lipinski definition) is 1. The van der Waals surface area contributed by atoms with E-state index in [0.29, 0.717) is 5.92 Å². The summed E-state index contributed by atoms with van der Waals surface area (Å²) in [5, 5.41) is 5.63. The number of methoxy groups -OCH3 is 1. The third-order valence-electron chi connectivity index (χ3n) is 3.67. The number of hydrogen-bond acceptors (Lipinski definition) is 3. The molecule has 1 aliphatic carbocycles. The number of esters is 1. The van der Waals surface area contributed by atoms with Gasteiger partial charge in [-0.05, 0) is 53.8 Å². The number of nitrogens with one attached hydrogen (secondary N) is 1. The summed E-state index contributed by atoms with van der Waals surface area (Å²) >= 11 is 3.47. The molecule has 1 atom stereocenters. The van der Waals surface area contributed by atoms with E-state index in [4.69, 9.17) is 4.74 Å². The zero-order chi connectivity index (χ0) is 14.1. The number of anilines is 1. The van der Waals surface area contributed by atoms with E-state index < -0.39 is 0 Å². The van der Waals surface area contributed by atoms with Gasteiger partial charge in [-0.2, -0.15) is 0 Å². The van der Waals surface area contributed by atoms with Crippen LogP contribution in [0.15, 0.2) is 40.9 Å². The molecule has 0 heterocycles. The van der Waals surface area contributed by atoms with Crippen LogP contribution in [0.4, 0.5) is 5.69 Å². The van der Waals surface area contributed by atoms with Crippen LogP contribution in [0, 0.1) is 5.92 Å². The summed E-state index contributed by atoms with van der Waals surface area (Å²) in [4.78, 5) is 11.8. The van der Waals surface area contributed by atoms with Crippen molar-refractivity contribution in [1.29, 1.82) is 0 Å². The number of rotatable bonds is 4. The summed E-state index contributed by atoms with van der Waals surface area (Å²) < 4.78 is 5.95. The van der Waals surface area contributed by atoms with Crippen LogP contribution in [0.3, 0.4) is 0 Å². The Labute approximate surface area is 126 Å². The van der Waals surface area contributed by atoms with Gasteiger partial charge in [-0.25, -0.2) is 4.79 Å². The van der Waals surface area contributed by atoms with Crippen molar-refractivity contribution in [2.75, 3.05) is 12.4 Å². The van der Waals surface area contributed by atoms with Crippen LogP contribution in [0.25, 0.3) is 10.8 Å². The normalized spacial score (nSPS) is 15.9. The first-order valence-electron chi connectivity index (χ1n) is 6.71. The highest BCUT2D eigenvalue weighted by Gasteiger charge is 2.36. The van der Waals surface area contributed by atoms with Gasteiger partial charge in [0.2, 0.25) is 0 Å². The van der Waals surface area contributed by atoms with Gasteiger partial charge in [0, 0.05) is 10.2 Å². The SMILES string of the molecule is COC(=O)C(Nc1ccc2cc(Br)ccc2c1)C1CC1. The maximum atomic E-state index is 11.8. The predicted molar refractivity (Wildman–Crippen MR) is 83.8 cm³/mol. The van der Waals surface area contributed by atoms with E-state index >= 15 is 0 Å². The lowest BCUT2D eigenvalue weighted by atomic mass is 10.1. The van der Waals surface area contributed by atoms with Crippen molar-refractivity contribution in [2.24, 2.45) is 5.92 Å². The standard InChI is InChI=1S/C16H16BrNO2/c1-20-16(19)15(10-2-3-10)18-14-7-5-11-8-13(17)6-4-12(11)9-14/h4-10,15,18H,2-3H2,1H3. The summed E-state index contributed by atoms with van der Waals surface area (Å²) in [5.41, 5.74) is 0.960. The molecule has 3 nitrogen and oxygen atoms in total. The molecule has 2 aromatic rings. The van der Waals surface area contributed by atoms with Gasteiger partial charge in [-0.1, -0.05) is 28.1 Å². The van der Waals surface area contributed by atoms with E-state index in [1.54, 1.807) is 0 Å². The molecule has 0 radical (unpaired) electrons. The molecule has 1 aliphatic rings. The number of benzene rings is 2. The maximum absolute atomic E-state index is 11.8. The van der Waals surface area contributed by atoms with Crippen LogP contribution in [0.5, 0.6) is 0 Å². The zero-order valence-electron chi connectivity index (χ0n) is 11.2. The molecular formula is C16H16BrNO2. The Morgan fingerprint density at radius 2 is 1.95 bits per heavy atom. The molecule has 0 bridgehead atoms. The molecule has 104 valence electrons. The second-order valence-corrected chi connectivity index (χ2v) is 6.10. The van der Waals surface area contributed by atoms with Crippen molar-refractivity contribution in [3.63, 3.8) is 0 Å². The number of fused-ring (bicyclic) bond motifs is 1. The lowest BCUT2D eigenvalue weighted by Gasteiger charge is -2.17. The van der Waals surface area contributed by atoms with Gasteiger partial charge in [0.05, 0.1) is 7.11 Å². The molecule has 4 heteroatoms. The highest BCUT2D eigenvalue weighted by molar-refractivity contribution is 9.10. The molecule has 1 fully saturated rings. The molecule has 20 heavy (non-hydrogen) atoms. The Morgan fingerprint density at radius 3 is 2.65 bits per heavy atom. The Morgan fingerprint density at radius 1 is 1.25 bits per heavy atom. The molecule has 0 amide bonds. The van der Waals surface area contributed by atoms with Crippen molar-refractivity contribution < 1.29 is 9.53 Å². The van der Waals surface area contributed by atoms with E-state index in [9.17, 15) is 4.79 Å². The summed E-state index contributed by atoms with van der Waals surface area (Å²) in [6, 6.07) is 12.1. The molecule has 0 aliphatic heterocycles. The topological polar surface area (TPSA) is 38.3 Å². The third-order valence-corrected chi connectivity index (χ3v) is 4.17. The van der Waals surface area contributed by atoms with Gasteiger partial charge < -0.3 is 10.1 Å². The van der Waals surface area contributed by atoms with Crippen LogP contribution < -0.4 is 5.32 Å². The van der Waals surface area contributed by atoms with Gasteiger partial charge in [-0.15, -0.1) is 0 Å². The van der Waals surface area contributed by atoms with E-state index in [0.717, 1.165) is 28.4 Å². The minimum atomic E-state index is -0.229. The average Bonchev–Trinajstić information content (AvgIpc) is 3.28. The summed E-state index contributed by atoms with van der Waals surface area (Å²) in [6.45, 7) is 0. The molecule has 2 aromatic carbocycles. The van der Waals surface area contributed by atoms with E-state index in [1.165, 1.54) is 12.5 Å². The third kappa shape index (κ3) is 2.80. The first-order valence-corrected chi connectivity index (χ1v) is 7.50. The minimum absolute atomic E-state index is 0.177. The number of carbonyl (C=O) groups is 1. The Balaban J connectivity index is 1.86. The Kier molecular flexibility index (Phi) is 3.66. The van der Waals surface area contributed by atoms with Crippen molar-refractivity contribution in [3.05, 3.63) is 40.9 Å². The summed E-state index contributed by atoms with van der Waals surface area (Å²) in [6.07, 6.45) is 2.18. The van der Waals surface area contributed by atoms with Crippen LogP contribution in [-0.2, 0) is 9.53 Å². The van der Waals surface area contributed by atoms with Crippen LogP contribution in [0.1, 0.15) is 12.8 Å². The molecule has 0 aromatic heterocycles. The number of carbonyl (C=O) groups excluding carboxylic acids is 1. The van der Waals surface area contributed by atoms with Gasteiger partial charge in [0.1, 0.15) is 6.04 Å². The lowest BCUT2D eigenvalue weighted by Crippen LogP contribution is -2.32. The molecule has 1 unspecified atom stereocenters. The summed E-state index contributed by atoms with van der Waals surface area (Å²) in [7, 11) is 1.44. The zero-order valence-corrected chi connectivity index (χ0v) is 12.8. The van der Waals surface area contributed by atoms with Gasteiger partial charge in [0.15, 0.2) is 0 Å². The van der Waals surface area contributed by atoms with Crippen molar-refractivity contribution in [3.8, 4) is 0 Å². The average molecular weight is 334 g/mol. The monoisotopic (exact) mass is 333 g/mol. The van der Waals surface area contributed by atoms with Crippen LogP contribution >= 0.6 is 15.9 Å². The van der Waals surface area contributed by atoms with Crippen LogP contribution in [-0.4, -0.2) is 19.1 Å². The van der Waals surface area contributed by atoms with Crippen molar-refractivity contribution >= 4 is 38.4 Å². The first-order chi connectivity index (χ1) is 9.67. The highest BCUT2D eigenvalue weighted by atomic mass is 79.9. The smallest absolute Gasteiger partial charge is 0.328 e. The van der Waals surface area contributed by atoms with E-state index in [-0.39, 0.29) is 12.0 Å². The Bertz CT molecular complexity index is 652. The molecule has 0 saturated heterocycles. The lowest BCUT2D eigenvalue weighted by molar-refractivity contribution is -0.142. The van der Waals surface area contributed by atoms with E-state index in [1.807, 2.05) is 12.1 Å². The highest BCUT2D eigenvalue weighted by Crippen LogP contribution is 2.35. The summed E-state index contributed by atoms with van der Waals surface area (Å²) in [5.74, 6) is 0.228. The quantitative estimate of drug-likeness (QED) is 0.860. The van der Waals surface area contributed by atoms with Gasteiger partial charge in [-0.3, -0.25) is 0 Å². The van der Waals surface area contributed by atoms with Crippen molar-refractivity contribution in [1.82, 2.24) is 0 Å². The second-order valence-electron chi connectivity index (χ2n) is 5.19. The first kappa shape index (κ1) is 13.4. The fourth-order valence-corrected chi connectivity index (χ4v) is 2.79. The number of halogens is 1. The maximum Gasteiger partial charge on any atom is 0.328 e. The molecule has 0 spiro atoms. The minimum Gasteiger partial charge on any atom is -0.467 e. The fraction of sp³-hybridized carbons (Fsp3) is 0.312. The molecule has 1 N–H and O–H groups in total.